The van der Waals surface area contributed by atoms with Crippen molar-refractivity contribution in [1.82, 2.24) is 4.90 Å². The monoisotopic (exact) mass is 183 g/mol. The molecule has 13 heavy (non-hydrogen) atoms. The van der Waals surface area contributed by atoms with Crippen LogP contribution in [0.1, 0.15) is 19.8 Å². The van der Waals surface area contributed by atoms with Crippen LogP contribution in [0.3, 0.4) is 0 Å². The van der Waals surface area contributed by atoms with Gasteiger partial charge in [0.15, 0.2) is 0 Å². The second kappa shape index (κ2) is 2.80. The highest BCUT2D eigenvalue weighted by Gasteiger charge is 2.52. The molecule has 4 nitrogen and oxygen atoms in total. The molecule has 0 radical (unpaired) electrons. The highest BCUT2D eigenvalue weighted by molar-refractivity contribution is 6.06. The molecule has 3 atom stereocenters. The first-order valence-electron chi connectivity index (χ1n) is 4.64. The number of imide groups is 1. The van der Waals surface area contributed by atoms with E-state index in [9.17, 15) is 9.59 Å². The Labute approximate surface area is 76.5 Å². The molecule has 1 saturated heterocycles. The van der Waals surface area contributed by atoms with Crippen LogP contribution < -0.4 is 0 Å². The van der Waals surface area contributed by atoms with E-state index in [1.807, 2.05) is 0 Å². The van der Waals surface area contributed by atoms with E-state index in [0.717, 1.165) is 12.8 Å². The van der Waals surface area contributed by atoms with Crippen molar-refractivity contribution in [1.29, 1.82) is 0 Å². The molecule has 2 aliphatic rings. The highest BCUT2D eigenvalue weighted by atomic mass is 16.3. The summed E-state index contributed by atoms with van der Waals surface area (Å²) in [7, 11) is 0. The van der Waals surface area contributed by atoms with Crippen molar-refractivity contribution in [2.45, 2.75) is 25.9 Å². The molecule has 1 saturated carbocycles. The molecular formula is C9H13NO3. The third-order valence-corrected chi connectivity index (χ3v) is 2.89. The molecule has 0 spiro atoms. The van der Waals surface area contributed by atoms with E-state index in [1.165, 1.54) is 4.90 Å². The largest absolute Gasteiger partial charge is 0.392 e. The minimum atomic E-state index is -0.620. The minimum Gasteiger partial charge on any atom is -0.392 e. The Bertz CT molecular complexity index is 240. The van der Waals surface area contributed by atoms with Gasteiger partial charge in [-0.3, -0.25) is 14.5 Å². The Morgan fingerprint density at radius 1 is 1.38 bits per heavy atom. The molecule has 2 fully saturated rings. The van der Waals surface area contributed by atoms with Gasteiger partial charge in [-0.1, -0.05) is 0 Å². The van der Waals surface area contributed by atoms with Gasteiger partial charge in [0.2, 0.25) is 11.8 Å². The summed E-state index contributed by atoms with van der Waals surface area (Å²) < 4.78 is 0. The van der Waals surface area contributed by atoms with Crippen molar-refractivity contribution in [3.8, 4) is 0 Å². The zero-order valence-corrected chi connectivity index (χ0v) is 7.56. The summed E-state index contributed by atoms with van der Waals surface area (Å²) in [4.78, 5) is 24.2. The van der Waals surface area contributed by atoms with E-state index in [0.29, 0.717) is 0 Å². The Morgan fingerprint density at radius 2 is 1.85 bits per heavy atom. The maximum absolute atomic E-state index is 11.5. The number of hydrogen-bond acceptors (Lipinski definition) is 3. The lowest BCUT2D eigenvalue weighted by Gasteiger charge is -2.24. The number of amides is 2. The van der Waals surface area contributed by atoms with Crippen LogP contribution in [0.25, 0.3) is 0 Å². The lowest BCUT2D eigenvalue weighted by molar-refractivity contribution is -0.140. The van der Waals surface area contributed by atoms with E-state index < -0.39 is 6.10 Å². The van der Waals surface area contributed by atoms with E-state index in [4.69, 9.17) is 5.11 Å². The van der Waals surface area contributed by atoms with Gasteiger partial charge >= 0.3 is 0 Å². The number of likely N-dealkylation sites (tertiary alicyclic amines) is 1. The van der Waals surface area contributed by atoms with E-state index in [-0.39, 0.29) is 30.2 Å². The van der Waals surface area contributed by atoms with Gasteiger partial charge in [-0.25, -0.2) is 0 Å². The average molecular weight is 183 g/mol. The molecule has 1 aliphatic heterocycles. The molecule has 1 heterocycles. The van der Waals surface area contributed by atoms with Gasteiger partial charge < -0.3 is 5.11 Å². The van der Waals surface area contributed by atoms with Gasteiger partial charge in [0.05, 0.1) is 24.5 Å². The molecule has 1 N–H and O–H groups in total. The molecule has 0 aromatic heterocycles. The fourth-order valence-electron chi connectivity index (χ4n) is 2.04. The number of nitrogens with zero attached hydrogens (tertiary/aromatic N) is 1. The number of aliphatic hydroxyl groups is 1. The maximum atomic E-state index is 11.5. The highest BCUT2D eigenvalue weighted by Crippen LogP contribution is 2.42. The van der Waals surface area contributed by atoms with Gasteiger partial charge in [0, 0.05) is 0 Å². The van der Waals surface area contributed by atoms with E-state index in [1.54, 1.807) is 6.92 Å². The first-order chi connectivity index (χ1) is 6.11. The normalized spacial score (nSPS) is 34.5. The van der Waals surface area contributed by atoms with Crippen LogP contribution in [0.15, 0.2) is 0 Å². The summed E-state index contributed by atoms with van der Waals surface area (Å²) in [5.41, 5.74) is 0. The molecule has 2 amide bonds. The number of β-amino-alcohol motifs (C(OH)–C–C–N with tert-alkyl or cyclic N) is 1. The van der Waals surface area contributed by atoms with Crippen LogP contribution in [0.5, 0.6) is 0 Å². The fraction of sp³-hybridized carbons (Fsp3) is 0.778. The maximum Gasteiger partial charge on any atom is 0.233 e. The number of carbonyl (C=O) groups is 2. The van der Waals surface area contributed by atoms with Gasteiger partial charge in [-0.2, -0.15) is 0 Å². The molecule has 72 valence electrons. The summed E-state index contributed by atoms with van der Waals surface area (Å²) in [5, 5.41) is 9.10. The Hall–Kier alpha value is -0.900. The number of hydrogen-bond donors (Lipinski definition) is 1. The standard InChI is InChI=1S/C9H13NO3/c1-5(11)4-10-8(12)6-2-3-7(6)9(10)13/h5-7,11H,2-4H2,1H3. The molecule has 3 unspecified atom stereocenters. The molecule has 2 rings (SSSR count). The van der Waals surface area contributed by atoms with Crippen molar-refractivity contribution in [2.75, 3.05) is 6.54 Å². The van der Waals surface area contributed by atoms with Gasteiger partial charge in [0.25, 0.3) is 0 Å². The Balaban J connectivity index is 2.11. The third-order valence-electron chi connectivity index (χ3n) is 2.89. The Kier molecular flexibility index (Phi) is 1.87. The average Bonchev–Trinajstić information content (AvgIpc) is 2.08. The van der Waals surface area contributed by atoms with Crippen molar-refractivity contribution >= 4 is 11.8 Å². The summed E-state index contributed by atoms with van der Waals surface area (Å²) in [6.07, 6.45) is 1.06. The SMILES string of the molecule is CC(O)CN1C(=O)C2CCC2C1=O. The number of rotatable bonds is 2. The second-order valence-electron chi connectivity index (χ2n) is 3.93. The molecule has 1 aliphatic carbocycles. The van der Waals surface area contributed by atoms with Crippen molar-refractivity contribution in [3.63, 3.8) is 0 Å². The summed E-state index contributed by atoms with van der Waals surface area (Å²) >= 11 is 0. The van der Waals surface area contributed by atoms with E-state index >= 15 is 0 Å². The first-order valence-corrected chi connectivity index (χ1v) is 4.64. The van der Waals surface area contributed by atoms with Crippen molar-refractivity contribution in [2.24, 2.45) is 11.8 Å². The second-order valence-corrected chi connectivity index (χ2v) is 3.93. The quantitative estimate of drug-likeness (QED) is 0.601. The van der Waals surface area contributed by atoms with Crippen LogP contribution in [0, 0.1) is 11.8 Å². The molecule has 4 heteroatoms. The summed E-state index contributed by atoms with van der Waals surface area (Å²) in [5.74, 6) is -0.290. The van der Waals surface area contributed by atoms with Crippen molar-refractivity contribution in [3.05, 3.63) is 0 Å². The number of carbonyl (C=O) groups excluding carboxylic acids is 2. The number of fused-ring (bicyclic) bond motifs is 1. The fourth-order valence-corrected chi connectivity index (χ4v) is 2.04. The predicted octanol–water partition coefficient (Wildman–Crippen LogP) is -0.238. The Morgan fingerprint density at radius 3 is 2.15 bits per heavy atom. The molecule has 0 bridgehead atoms. The molecular weight excluding hydrogens is 170 g/mol. The lowest BCUT2D eigenvalue weighted by atomic mass is 9.76. The summed E-state index contributed by atoms with van der Waals surface area (Å²) in [6.45, 7) is 1.74. The van der Waals surface area contributed by atoms with Crippen LogP contribution in [0.4, 0.5) is 0 Å². The third kappa shape index (κ3) is 1.16. The smallest absolute Gasteiger partial charge is 0.233 e. The van der Waals surface area contributed by atoms with Crippen LogP contribution in [-0.2, 0) is 9.59 Å². The van der Waals surface area contributed by atoms with Gasteiger partial charge in [-0.05, 0) is 19.8 Å². The molecule has 0 aromatic carbocycles. The summed E-state index contributed by atoms with van der Waals surface area (Å²) in [6, 6.07) is 0. The van der Waals surface area contributed by atoms with E-state index in [2.05, 4.69) is 0 Å². The lowest BCUT2D eigenvalue weighted by Crippen LogP contribution is -2.36. The first kappa shape index (κ1) is 8.69. The van der Waals surface area contributed by atoms with Crippen LogP contribution in [-0.4, -0.2) is 34.5 Å². The topological polar surface area (TPSA) is 57.6 Å². The van der Waals surface area contributed by atoms with Gasteiger partial charge in [0.1, 0.15) is 0 Å². The van der Waals surface area contributed by atoms with Gasteiger partial charge in [-0.15, -0.1) is 0 Å². The molecule has 0 aromatic rings. The number of aliphatic hydroxyl groups excluding tert-OH is 1. The zero-order chi connectivity index (χ0) is 9.59. The minimum absolute atomic E-state index is 0.0637. The predicted molar refractivity (Wildman–Crippen MR) is 44.6 cm³/mol. The van der Waals surface area contributed by atoms with Crippen LogP contribution in [0.2, 0.25) is 0 Å². The zero-order valence-electron chi connectivity index (χ0n) is 7.56. The van der Waals surface area contributed by atoms with Crippen molar-refractivity contribution < 1.29 is 14.7 Å². The van der Waals surface area contributed by atoms with Crippen LogP contribution >= 0.6 is 0 Å².